The lowest BCUT2D eigenvalue weighted by molar-refractivity contribution is 0.0690. The molecule has 0 spiro atoms. The molecule has 6 heteroatoms. The van der Waals surface area contributed by atoms with E-state index in [2.05, 4.69) is 15.3 Å². The highest BCUT2D eigenvalue weighted by Crippen LogP contribution is 2.12. The topological polar surface area (TPSA) is 84.3 Å². The van der Waals surface area contributed by atoms with Crippen LogP contribution in [0.4, 0.5) is 5.82 Å². The summed E-state index contributed by atoms with van der Waals surface area (Å²) in [7, 11) is 1.60. The molecule has 0 unspecified atom stereocenters. The van der Waals surface area contributed by atoms with E-state index < -0.39 is 5.97 Å². The molecule has 0 saturated carbocycles. The number of carboxylic acids is 1. The lowest BCUT2D eigenvalue weighted by atomic mass is 10.1. The van der Waals surface area contributed by atoms with E-state index in [1.165, 1.54) is 6.07 Å². The predicted octanol–water partition coefficient (Wildman–Crippen LogP) is 2.13. The second kappa shape index (κ2) is 7.51. The molecule has 0 aliphatic rings. The Morgan fingerprint density at radius 2 is 2.14 bits per heavy atom. The molecule has 0 fully saturated rings. The molecular formula is C16H19N3O3. The lowest BCUT2D eigenvalue weighted by Gasteiger charge is -2.08. The molecule has 2 rings (SSSR count). The number of carbonyl (C=O) groups is 1. The van der Waals surface area contributed by atoms with Crippen molar-refractivity contribution < 1.29 is 14.6 Å². The van der Waals surface area contributed by atoms with Gasteiger partial charge in [-0.25, -0.2) is 14.8 Å². The van der Waals surface area contributed by atoms with Gasteiger partial charge in [-0.1, -0.05) is 29.8 Å². The summed E-state index contributed by atoms with van der Waals surface area (Å²) >= 11 is 0. The number of hydrogen-bond acceptors (Lipinski definition) is 5. The monoisotopic (exact) mass is 301 g/mol. The Hall–Kier alpha value is -2.47. The molecule has 0 aliphatic heterocycles. The number of aromatic nitrogens is 2. The Morgan fingerprint density at radius 1 is 1.32 bits per heavy atom. The smallest absolute Gasteiger partial charge is 0.354 e. The number of aromatic carboxylic acids is 1. The maximum absolute atomic E-state index is 11.2. The normalized spacial score (nSPS) is 10.5. The number of nitrogens with one attached hydrogen (secondary N) is 1. The fraction of sp³-hybridized carbons (Fsp3) is 0.312. The van der Waals surface area contributed by atoms with E-state index in [-0.39, 0.29) is 5.69 Å². The standard InChI is InChI=1S/C16H19N3O3/c1-11-4-3-5-12(8-11)9-15-18-13(16(20)21)10-14(19-15)17-6-7-22-2/h3-5,8,10H,6-7,9H2,1-2H3,(H,20,21)(H,17,18,19). The number of aryl methyl sites for hydroxylation is 1. The second-order valence-corrected chi connectivity index (χ2v) is 4.95. The molecule has 1 heterocycles. The summed E-state index contributed by atoms with van der Waals surface area (Å²) in [5.41, 5.74) is 2.17. The molecular weight excluding hydrogens is 282 g/mol. The number of benzene rings is 1. The Bertz CT molecular complexity index is 659. The summed E-state index contributed by atoms with van der Waals surface area (Å²) in [6.45, 7) is 3.08. The second-order valence-electron chi connectivity index (χ2n) is 4.95. The molecule has 0 aliphatic carbocycles. The molecule has 6 nitrogen and oxygen atoms in total. The van der Waals surface area contributed by atoms with Gasteiger partial charge in [-0.2, -0.15) is 0 Å². The highest BCUT2D eigenvalue weighted by molar-refractivity contribution is 5.86. The fourth-order valence-corrected chi connectivity index (χ4v) is 2.06. The minimum atomic E-state index is -1.07. The van der Waals surface area contributed by atoms with E-state index in [1.807, 2.05) is 31.2 Å². The van der Waals surface area contributed by atoms with Crippen LogP contribution in [0.15, 0.2) is 30.3 Å². The zero-order chi connectivity index (χ0) is 15.9. The van der Waals surface area contributed by atoms with Gasteiger partial charge in [-0.3, -0.25) is 0 Å². The predicted molar refractivity (Wildman–Crippen MR) is 83.3 cm³/mol. The van der Waals surface area contributed by atoms with Crippen LogP contribution in [0.1, 0.15) is 27.4 Å². The highest BCUT2D eigenvalue weighted by atomic mass is 16.5. The molecule has 1 aromatic heterocycles. The first kappa shape index (κ1) is 15.9. The van der Waals surface area contributed by atoms with E-state index >= 15 is 0 Å². The van der Waals surface area contributed by atoms with Crippen LogP contribution in [0.5, 0.6) is 0 Å². The van der Waals surface area contributed by atoms with Gasteiger partial charge >= 0.3 is 5.97 Å². The Balaban J connectivity index is 2.23. The van der Waals surface area contributed by atoms with Gasteiger partial charge in [-0.15, -0.1) is 0 Å². The van der Waals surface area contributed by atoms with Crippen LogP contribution < -0.4 is 5.32 Å². The summed E-state index contributed by atoms with van der Waals surface area (Å²) in [5, 5.41) is 12.2. The lowest BCUT2D eigenvalue weighted by Crippen LogP contribution is -2.13. The third-order valence-corrected chi connectivity index (χ3v) is 3.05. The van der Waals surface area contributed by atoms with Crippen LogP contribution in [0.3, 0.4) is 0 Å². The number of carboxylic acid groups (broad SMARTS) is 1. The van der Waals surface area contributed by atoms with Crippen molar-refractivity contribution in [1.29, 1.82) is 0 Å². The Labute approximate surface area is 129 Å². The molecule has 1 aromatic carbocycles. The first-order valence-electron chi connectivity index (χ1n) is 6.98. The first-order valence-corrected chi connectivity index (χ1v) is 6.98. The third-order valence-electron chi connectivity index (χ3n) is 3.05. The first-order chi connectivity index (χ1) is 10.6. The van der Waals surface area contributed by atoms with Gasteiger partial charge in [0.1, 0.15) is 11.6 Å². The van der Waals surface area contributed by atoms with Crippen LogP contribution in [0.2, 0.25) is 0 Å². The zero-order valence-corrected chi connectivity index (χ0v) is 12.7. The van der Waals surface area contributed by atoms with Gasteiger partial charge in [0.05, 0.1) is 6.61 Å². The zero-order valence-electron chi connectivity index (χ0n) is 12.7. The van der Waals surface area contributed by atoms with Gasteiger partial charge in [0.25, 0.3) is 0 Å². The molecule has 2 N–H and O–H groups in total. The van der Waals surface area contributed by atoms with Gasteiger partial charge in [0.2, 0.25) is 0 Å². The Kier molecular flexibility index (Phi) is 5.43. The van der Waals surface area contributed by atoms with Crippen molar-refractivity contribution >= 4 is 11.8 Å². The number of methoxy groups -OCH3 is 1. The average molecular weight is 301 g/mol. The van der Waals surface area contributed by atoms with Gasteiger partial charge in [-0.05, 0) is 12.5 Å². The summed E-state index contributed by atoms with van der Waals surface area (Å²) in [6, 6.07) is 9.41. The van der Waals surface area contributed by atoms with Crippen LogP contribution in [0, 0.1) is 6.92 Å². The number of nitrogens with zero attached hydrogens (tertiary/aromatic N) is 2. The number of hydrogen-bond donors (Lipinski definition) is 2. The molecule has 116 valence electrons. The quantitative estimate of drug-likeness (QED) is 0.762. The van der Waals surface area contributed by atoms with Crippen molar-refractivity contribution in [3.05, 3.63) is 53.0 Å². The van der Waals surface area contributed by atoms with Gasteiger partial charge in [0, 0.05) is 26.1 Å². The average Bonchev–Trinajstić information content (AvgIpc) is 2.47. The maximum atomic E-state index is 11.2. The van der Waals surface area contributed by atoms with Crippen molar-refractivity contribution in [2.24, 2.45) is 0 Å². The van der Waals surface area contributed by atoms with E-state index in [1.54, 1.807) is 7.11 Å². The maximum Gasteiger partial charge on any atom is 0.354 e. The fourth-order valence-electron chi connectivity index (χ4n) is 2.06. The number of rotatable bonds is 7. The summed E-state index contributed by atoms with van der Waals surface area (Å²) in [5.74, 6) is -0.0970. The van der Waals surface area contributed by atoms with Crippen LogP contribution in [-0.2, 0) is 11.2 Å². The van der Waals surface area contributed by atoms with Crippen molar-refractivity contribution in [2.75, 3.05) is 25.6 Å². The Morgan fingerprint density at radius 3 is 2.82 bits per heavy atom. The van der Waals surface area contributed by atoms with E-state index in [0.717, 1.165) is 11.1 Å². The number of ether oxygens (including phenoxy) is 1. The summed E-state index contributed by atoms with van der Waals surface area (Å²) < 4.78 is 4.96. The number of anilines is 1. The minimum absolute atomic E-state index is 0.0161. The van der Waals surface area contributed by atoms with Gasteiger partial charge in [0.15, 0.2) is 5.69 Å². The van der Waals surface area contributed by atoms with Crippen molar-refractivity contribution in [1.82, 2.24) is 9.97 Å². The molecule has 2 aromatic rings. The van der Waals surface area contributed by atoms with E-state index in [9.17, 15) is 9.90 Å². The van der Waals surface area contributed by atoms with Crippen molar-refractivity contribution in [2.45, 2.75) is 13.3 Å². The highest BCUT2D eigenvalue weighted by Gasteiger charge is 2.11. The van der Waals surface area contributed by atoms with Crippen LogP contribution >= 0.6 is 0 Å². The van der Waals surface area contributed by atoms with Crippen LogP contribution in [0.25, 0.3) is 0 Å². The molecule has 0 radical (unpaired) electrons. The van der Waals surface area contributed by atoms with Crippen molar-refractivity contribution in [3.63, 3.8) is 0 Å². The van der Waals surface area contributed by atoms with Crippen LogP contribution in [-0.4, -0.2) is 41.3 Å². The molecule has 0 amide bonds. The third kappa shape index (κ3) is 4.53. The van der Waals surface area contributed by atoms with Crippen molar-refractivity contribution in [3.8, 4) is 0 Å². The largest absolute Gasteiger partial charge is 0.477 e. The molecule has 0 atom stereocenters. The van der Waals surface area contributed by atoms with E-state index in [4.69, 9.17) is 4.74 Å². The summed E-state index contributed by atoms with van der Waals surface area (Å²) in [4.78, 5) is 19.7. The molecule has 0 bridgehead atoms. The molecule has 22 heavy (non-hydrogen) atoms. The minimum Gasteiger partial charge on any atom is -0.477 e. The summed E-state index contributed by atoms with van der Waals surface area (Å²) in [6.07, 6.45) is 0.488. The van der Waals surface area contributed by atoms with E-state index in [0.29, 0.717) is 31.2 Å². The van der Waals surface area contributed by atoms with Gasteiger partial charge < -0.3 is 15.2 Å². The SMILES string of the molecule is COCCNc1cc(C(=O)O)nc(Cc2cccc(C)c2)n1. The molecule has 0 saturated heterocycles.